The minimum absolute atomic E-state index is 0.377. The zero-order chi connectivity index (χ0) is 10.2. The van der Waals surface area contributed by atoms with Gasteiger partial charge in [-0.05, 0) is 50.4 Å². The van der Waals surface area contributed by atoms with Crippen LogP contribution in [0.2, 0.25) is 0 Å². The van der Waals surface area contributed by atoms with Crippen molar-refractivity contribution < 1.29 is 4.79 Å². The molecule has 0 radical (unpaired) electrons. The summed E-state index contributed by atoms with van der Waals surface area (Å²) in [7, 11) is 0. The molecule has 1 spiro atoms. The van der Waals surface area contributed by atoms with Crippen LogP contribution in [0, 0.1) is 17.3 Å². The van der Waals surface area contributed by atoms with Crippen LogP contribution in [-0.2, 0) is 4.79 Å². The van der Waals surface area contributed by atoms with Crippen molar-refractivity contribution in [2.75, 3.05) is 0 Å². The van der Waals surface area contributed by atoms with Crippen molar-refractivity contribution in [3.8, 4) is 0 Å². The van der Waals surface area contributed by atoms with Crippen molar-refractivity contribution in [3.05, 3.63) is 0 Å². The molecular weight excluding hydrogens is 172 g/mol. The van der Waals surface area contributed by atoms with Crippen molar-refractivity contribution in [3.63, 3.8) is 0 Å². The molecule has 2 aliphatic carbocycles. The van der Waals surface area contributed by atoms with E-state index in [-0.39, 0.29) is 0 Å². The monoisotopic (exact) mass is 194 g/mol. The van der Waals surface area contributed by atoms with Crippen LogP contribution < -0.4 is 0 Å². The third kappa shape index (κ3) is 1.74. The van der Waals surface area contributed by atoms with Gasteiger partial charge >= 0.3 is 0 Å². The number of Topliss-reactive ketones (excluding diaryl/α,β-unsaturated/α-hetero) is 1. The summed E-state index contributed by atoms with van der Waals surface area (Å²) in [6.45, 7) is 4.04. The number of carbonyl (C=O) groups excluding carboxylic acids is 1. The van der Waals surface area contributed by atoms with E-state index in [0.717, 1.165) is 0 Å². The second-order valence-electron chi connectivity index (χ2n) is 5.64. The highest BCUT2D eigenvalue weighted by molar-refractivity contribution is 5.78. The molecule has 0 aromatic heterocycles. The second-order valence-corrected chi connectivity index (χ2v) is 5.64. The molecule has 0 amide bonds. The first-order valence-electron chi connectivity index (χ1n) is 6.13. The van der Waals surface area contributed by atoms with Crippen LogP contribution in [0.4, 0.5) is 0 Å². The Morgan fingerprint density at radius 2 is 1.86 bits per heavy atom. The van der Waals surface area contributed by atoms with Crippen LogP contribution in [-0.4, -0.2) is 5.78 Å². The van der Waals surface area contributed by atoms with E-state index >= 15 is 0 Å². The molecule has 0 bridgehead atoms. The van der Waals surface area contributed by atoms with E-state index in [1.807, 2.05) is 0 Å². The third-order valence-corrected chi connectivity index (χ3v) is 4.66. The van der Waals surface area contributed by atoms with Gasteiger partial charge in [0.1, 0.15) is 5.78 Å². The average Bonchev–Trinajstić information content (AvgIpc) is 2.58. The molecule has 1 unspecified atom stereocenters. The van der Waals surface area contributed by atoms with Crippen molar-refractivity contribution >= 4 is 5.78 Å². The number of rotatable bonds is 1. The quantitative estimate of drug-likeness (QED) is 0.623. The molecule has 0 aliphatic heterocycles. The van der Waals surface area contributed by atoms with E-state index in [0.29, 0.717) is 23.0 Å². The van der Waals surface area contributed by atoms with Crippen LogP contribution in [0.25, 0.3) is 0 Å². The lowest BCUT2D eigenvalue weighted by Gasteiger charge is -2.40. The molecule has 1 nitrogen and oxygen atoms in total. The van der Waals surface area contributed by atoms with Gasteiger partial charge in [0.05, 0.1) is 0 Å². The Labute approximate surface area is 87.3 Å². The van der Waals surface area contributed by atoms with Gasteiger partial charge in [0.2, 0.25) is 0 Å². The summed E-state index contributed by atoms with van der Waals surface area (Å²) >= 11 is 0. The van der Waals surface area contributed by atoms with Gasteiger partial charge in [-0.2, -0.15) is 0 Å². The molecule has 0 aromatic carbocycles. The Bertz CT molecular complexity index is 225. The van der Waals surface area contributed by atoms with Gasteiger partial charge in [0.15, 0.2) is 0 Å². The normalized spacial score (nSPS) is 36.1. The molecule has 14 heavy (non-hydrogen) atoms. The molecule has 2 saturated carbocycles. The highest BCUT2D eigenvalue weighted by Gasteiger charge is 2.42. The minimum atomic E-state index is 0.377. The Hall–Kier alpha value is -0.330. The lowest BCUT2D eigenvalue weighted by molar-refractivity contribution is -0.125. The maximum absolute atomic E-state index is 11.5. The summed E-state index contributed by atoms with van der Waals surface area (Å²) in [6.07, 6.45) is 9.46. The third-order valence-electron chi connectivity index (χ3n) is 4.66. The van der Waals surface area contributed by atoms with E-state index in [9.17, 15) is 4.79 Å². The molecular formula is C13H22O. The average molecular weight is 194 g/mol. The fraction of sp³-hybridized carbons (Fsp3) is 0.923. The maximum atomic E-state index is 11.5. The summed E-state index contributed by atoms with van der Waals surface area (Å²) in [5.41, 5.74) is 0.586. The number of hydrogen-bond acceptors (Lipinski definition) is 1. The van der Waals surface area contributed by atoms with Crippen molar-refractivity contribution in [2.24, 2.45) is 17.3 Å². The lowest BCUT2D eigenvalue weighted by atomic mass is 9.64. The number of ketones is 1. The first-order chi connectivity index (χ1) is 6.63. The minimum Gasteiger partial charge on any atom is -0.300 e. The smallest absolute Gasteiger partial charge is 0.133 e. The molecule has 2 aliphatic rings. The van der Waals surface area contributed by atoms with Gasteiger partial charge in [-0.25, -0.2) is 0 Å². The molecule has 0 aromatic rings. The Morgan fingerprint density at radius 1 is 1.21 bits per heavy atom. The molecule has 2 rings (SSSR count). The van der Waals surface area contributed by atoms with E-state index in [1.54, 1.807) is 6.92 Å². The predicted octanol–water partition coefficient (Wildman–Crippen LogP) is 3.57. The van der Waals surface area contributed by atoms with Gasteiger partial charge in [0.25, 0.3) is 0 Å². The maximum Gasteiger partial charge on any atom is 0.133 e. The van der Waals surface area contributed by atoms with Gasteiger partial charge in [-0.3, -0.25) is 4.79 Å². The predicted molar refractivity (Wildman–Crippen MR) is 58.1 cm³/mol. The zero-order valence-corrected chi connectivity index (χ0v) is 9.51. The van der Waals surface area contributed by atoms with E-state index in [1.165, 1.54) is 44.9 Å². The summed E-state index contributed by atoms with van der Waals surface area (Å²) in [5, 5.41) is 0. The fourth-order valence-electron chi connectivity index (χ4n) is 3.63. The largest absolute Gasteiger partial charge is 0.300 e. The van der Waals surface area contributed by atoms with Crippen molar-refractivity contribution in [1.82, 2.24) is 0 Å². The number of carbonyl (C=O) groups is 1. The van der Waals surface area contributed by atoms with E-state index < -0.39 is 0 Å². The molecule has 2 atom stereocenters. The van der Waals surface area contributed by atoms with Gasteiger partial charge in [-0.15, -0.1) is 0 Å². The Morgan fingerprint density at radius 3 is 2.43 bits per heavy atom. The second kappa shape index (κ2) is 3.67. The van der Waals surface area contributed by atoms with Gasteiger partial charge < -0.3 is 0 Å². The summed E-state index contributed by atoms with van der Waals surface area (Å²) < 4.78 is 0. The molecule has 1 heteroatoms. The topological polar surface area (TPSA) is 17.1 Å². The van der Waals surface area contributed by atoms with Crippen LogP contribution in [0.15, 0.2) is 0 Å². The lowest BCUT2D eigenvalue weighted by Crippen LogP contribution is -2.34. The van der Waals surface area contributed by atoms with Crippen LogP contribution >= 0.6 is 0 Å². The summed E-state index contributed by atoms with van der Waals surface area (Å²) in [4.78, 5) is 11.5. The Kier molecular flexibility index (Phi) is 2.68. The molecule has 0 heterocycles. The van der Waals surface area contributed by atoms with Gasteiger partial charge in [-0.1, -0.05) is 19.8 Å². The van der Waals surface area contributed by atoms with Crippen LogP contribution in [0.5, 0.6) is 0 Å². The first-order valence-corrected chi connectivity index (χ1v) is 6.13. The van der Waals surface area contributed by atoms with Crippen molar-refractivity contribution in [1.29, 1.82) is 0 Å². The van der Waals surface area contributed by atoms with E-state index in [2.05, 4.69) is 6.92 Å². The SMILES string of the molecule is CC(=O)C1CC2(CCCC2)CC[C@H]1C. The zero-order valence-electron chi connectivity index (χ0n) is 9.51. The summed E-state index contributed by atoms with van der Waals surface area (Å²) in [6, 6.07) is 0. The molecule has 0 N–H and O–H groups in total. The van der Waals surface area contributed by atoms with E-state index in [4.69, 9.17) is 0 Å². The standard InChI is InChI=1S/C13H22O/c1-10-5-8-13(6-3-4-7-13)9-12(10)11(2)14/h10,12H,3-9H2,1-2H3/t10-,12?/m1/s1. The molecule has 80 valence electrons. The molecule has 0 saturated heterocycles. The van der Waals surface area contributed by atoms with Crippen molar-refractivity contribution in [2.45, 2.75) is 58.8 Å². The molecule has 2 fully saturated rings. The summed E-state index contributed by atoms with van der Waals surface area (Å²) in [5.74, 6) is 1.45. The number of hydrogen-bond donors (Lipinski definition) is 0. The first kappa shape index (κ1) is 10.2. The highest BCUT2D eigenvalue weighted by Crippen LogP contribution is 2.52. The van der Waals surface area contributed by atoms with Crippen LogP contribution in [0.3, 0.4) is 0 Å². The van der Waals surface area contributed by atoms with Crippen LogP contribution in [0.1, 0.15) is 58.8 Å². The van der Waals surface area contributed by atoms with Gasteiger partial charge in [0, 0.05) is 5.92 Å². The Balaban J connectivity index is 2.08. The fourth-order valence-corrected chi connectivity index (χ4v) is 3.63. The highest BCUT2D eigenvalue weighted by atomic mass is 16.1.